The van der Waals surface area contributed by atoms with Crippen LogP contribution in [0.2, 0.25) is 0 Å². The van der Waals surface area contributed by atoms with Crippen molar-refractivity contribution in [2.24, 2.45) is 5.73 Å². The van der Waals surface area contributed by atoms with Gasteiger partial charge in [0.25, 0.3) is 0 Å². The first-order chi connectivity index (χ1) is 9.11. The van der Waals surface area contributed by atoms with E-state index in [-0.39, 0.29) is 6.04 Å². The fourth-order valence-corrected chi connectivity index (χ4v) is 3.42. The molecule has 1 atom stereocenters. The van der Waals surface area contributed by atoms with Crippen LogP contribution in [-0.2, 0) is 13.0 Å². The molecule has 0 saturated carbocycles. The van der Waals surface area contributed by atoms with Crippen molar-refractivity contribution in [2.75, 3.05) is 0 Å². The molecule has 1 aromatic carbocycles. The van der Waals surface area contributed by atoms with E-state index in [1.807, 2.05) is 30.6 Å². The van der Waals surface area contributed by atoms with E-state index >= 15 is 0 Å². The summed E-state index contributed by atoms with van der Waals surface area (Å²) in [6.07, 6.45) is 5.70. The molecule has 0 fully saturated rings. The zero-order valence-corrected chi connectivity index (χ0v) is 14.0. The van der Waals surface area contributed by atoms with Gasteiger partial charge in [0, 0.05) is 40.3 Å². The molecule has 2 N–H and O–H groups in total. The highest BCUT2D eigenvalue weighted by Crippen LogP contribution is 2.27. The summed E-state index contributed by atoms with van der Waals surface area (Å²) in [5, 5.41) is 0. The molecule has 2 aromatic rings. The predicted octanol–water partition coefficient (Wildman–Crippen LogP) is 4.06. The van der Waals surface area contributed by atoms with Crippen LogP contribution in [0.5, 0.6) is 0 Å². The summed E-state index contributed by atoms with van der Waals surface area (Å²) in [6.45, 7) is 3.15. The molecule has 0 amide bonds. The number of aryl methyl sites for hydroxylation is 1. The van der Waals surface area contributed by atoms with Gasteiger partial charge < -0.3 is 10.3 Å². The van der Waals surface area contributed by atoms with E-state index in [9.17, 15) is 0 Å². The molecule has 0 aliphatic carbocycles. The molecule has 19 heavy (non-hydrogen) atoms. The van der Waals surface area contributed by atoms with Gasteiger partial charge in [0.15, 0.2) is 0 Å². The van der Waals surface area contributed by atoms with Gasteiger partial charge >= 0.3 is 0 Å². The van der Waals surface area contributed by atoms with Crippen LogP contribution in [-0.4, -0.2) is 9.55 Å². The highest BCUT2D eigenvalue weighted by molar-refractivity contribution is 9.11. The summed E-state index contributed by atoms with van der Waals surface area (Å²) >= 11 is 7.01. The van der Waals surface area contributed by atoms with Gasteiger partial charge in [-0.05, 0) is 24.1 Å². The maximum atomic E-state index is 6.30. The highest BCUT2D eigenvalue weighted by Gasteiger charge is 2.13. The average molecular weight is 387 g/mol. The van der Waals surface area contributed by atoms with Crippen LogP contribution in [0.15, 0.2) is 39.5 Å². The molecule has 0 aliphatic heterocycles. The zero-order chi connectivity index (χ0) is 13.8. The summed E-state index contributed by atoms with van der Waals surface area (Å²) in [4.78, 5) is 4.41. The number of hydrogen-bond donors (Lipinski definition) is 1. The Morgan fingerprint density at radius 1 is 1.37 bits per heavy atom. The minimum atomic E-state index is -0.0551. The molecule has 0 spiro atoms. The molecule has 1 heterocycles. The first-order valence-corrected chi connectivity index (χ1v) is 7.91. The third kappa shape index (κ3) is 3.68. The second-order valence-corrected chi connectivity index (χ2v) is 6.28. The zero-order valence-electron chi connectivity index (χ0n) is 10.8. The van der Waals surface area contributed by atoms with Gasteiger partial charge in [0.2, 0.25) is 0 Å². The fraction of sp³-hybridized carbons (Fsp3) is 0.357. The Hall–Kier alpha value is -0.650. The maximum Gasteiger partial charge on any atom is 0.110 e. The first-order valence-electron chi connectivity index (χ1n) is 6.32. The Balaban J connectivity index is 2.16. The summed E-state index contributed by atoms with van der Waals surface area (Å²) in [6, 6.07) is 6.03. The van der Waals surface area contributed by atoms with Gasteiger partial charge in [-0.15, -0.1) is 0 Å². The number of nitrogens with zero attached hydrogens (tertiary/aromatic N) is 2. The molecular weight excluding hydrogens is 370 g/mol. The molecule has 0 bridgehead atoms. The highest BCUT2D eigenvalue weighted by atomic mass is 79.9. The average Bonchev–Trinajstić information content (AvgIpc) is 2.77. The van der Waals surface area contributed by atoms with E-state index in [0.717, 1.165) is 39.7 Å². The third-order valence-corrected chi connectivity index (χ3v) is 4.21. The predicted molar refractivity (Wildman–Crippen MR) is 85.0 cm³/mol. The van der Waals surface area contributed by atoms with Crippen molar-refractivity contribution in [1.29, 1.82) is 0 Å². The van der Waals surface area contributed by atoms with Crippen LogP contribution >= 0.6 is 31.9 Å². The summed E-state index contributed by atoms with van der Waals surface area (Å²) in [5.74, 6) is 1.05. The number of halogens is 2. The SMILES string of the molecule is CCCn1ccnc1CC(N)c1ccc(Br)cc1Br. The van der Waals surface area contributed by atoms with Crippen molar-refractivity contribution in [3.05, 3.63) is 50.9 Å². The molecule has 5 heteroatoms. The van der Waals surface area contributed by atoms with Crippen LogP contribution in [0.3, 0.4) is 0 Å². The van der Waals surface area contributed by atoms with Crippen LogP contribution in [0.4, 0.5) is 0 Å². The van der Waals surface area contributed by atoms with Crippen molar-refractivity contribution in [3.63, 3.8) is 0 Å². The van der Waals surface area contributed by atoms with E-state index in [1.165, 1.54) is 0 Å². The third-order valence-electron chi connectivity index (χ3n) is 3.03. The molecule has 3 nitrogen and oxygen atoms in total. The topological polar surface area (TPSA) is 43.8 Å². The number of hydrogen-bond acceptors (Lipinski definition) is 2. The molecule has 0 aliphatic rings. The molecule has 102 valence electrons. The van der Waals surface area contributed by atoms with Crippen molar-refractivity contribution in [3.8, 4) is 0 Å². The Bertz CT molecular complexity index is 551. The normalized spacial score (nSPS) is 12.6. The lowest BCUT2D eigenvalue weighted by Gasteiger charge is -2.15. The van der Waals surface area contributed by atoms with Gasteiger partial charge in [0.1, 0.15) is 5.82 Å². The van der Waals surface area contributed by atoms with Gasteiger partial charge in [-0.2, -0.15) is 0 Å². The van der Waals surface area contributed by atoms with Gasteiger partial charge in [0.05, 0.1) is 0 Å². The minimum absolute atomic E-state index is 0.0551. The molecule has 1 unspecified atom stereocenters. The monoisotopic (exact) mass is 385 g/mol. The molecule has 0 radical (unpaired) electrons. The van der Waals surface area contributed by atoms with E-state index < -0.39 is 0 Å². The number of aromatic nitrogens is 2. The minimum Gasteiger partial charge on any atom is -0.335 e. The van der Waals surface area contributed by atoms with Crippen LogP contribution in [0.1, 0.15) is 30.8 Å². The summed E-state index contributed by atoms with van der Waals surface area (Å²) < 4.78 is 4.25. The van der Waals surface area contributed by atoms with Crippen molar-refractivity contribution in [2.45, 2.75) is 32.4 Å². The molecule has 2 rings (SSSR count). The summed E-state index contributed by atoms with van der Waals surface area (Å²) in [7, 11) is 0. The van der Waals surface area contributed by atoms with E-state index in [2.05, 4.69) is 48.3 Å². The van der Waals surface area contributed by atoms with Crippen molar-refractivity contribution < 1.29 is 0 Å². The molecule has 1 aromatic heterocycles. The summed E-state index contributed by atoms with van der Waals surface area (Å²) in [5.41, 5.74) is 7.41. The van der Waals surface area contributed by atoms with Crippen molar-refractivity contribution in [1.82, 2.24) is 9.55 Å². The smallest absolute Gasteiger partial charge is 0.110 e. The van der Waals surface area contributed by atoms with E-state index in [4.69, 9.17) is 5.73 Å². The largest absolute Gasteiger partial charge is 0.335 e. The van der Waals surface area contributed by atoms with Gasteiger partial charge in [-0.25, -0.2) is 4.98 Å². The maximum absolute atomic E-state index is 6.30. The Morgan fingerprint density at radius 2 is 2.16 bits per heavy atom. The lowest BCUT2D eigenvalue weighted by molar-refractivity contribution is 0.598. The second kappa shape index (κ2) is 6.68. The van der Waals surface area contributed by atoms with E-state index in [0.29, 0.717) is 0 Å². The molecule has 0 saturated heterocycles. The quantitative estimate of drug-likeness (QED) is 0.841. The number of benzene rings is 1. The molecular formula is C14H17Br2N3. The lowest BCUT2D eigenvalue weighted by Crippen LogP contribution is -2.17. The van der Waals surface area contributed by atoms with Gasteiger partial charge in [-0.3, -0.25) is 0 Å². The number of imidazole rings is 1. The Labute approximate surface area is 130 Å². The number of rotatable bonds is 5. The van der Waals surface area contributed by atoms with Crippen molar-refractivity contribution >= 4 is 31.9 Å². The van der Waals surface area contributed by atoms with Crippen LogP contribution in [0, 0.1) is 0 Å². The lowest BCUT2D eigenvalue weighted by atomic mass is 10.0. The Kier molecular flexibility index (Phi) is 5.19. The second-order valence-electron chi connectivity index (χ2n) is 4.51. The number of nitrogens with two attached hydrogens (primary N) is 1. The fourth-order valence-electron chi connectivity index (χ4n) is 2.08. The standard InChI is InChI=1S/C14H17Br2N3/c1-2-6-19-7-5-18-14(19)9-13(17)11-4-3-10(15)8-12(11)16/h3-5,7-8,13H,2,6,9,17H2,1H3. The Morgan fingerprint density at radius 3 is 2.84 bits per heavy atom. The van der Waals surface area contributed by atoms with E-state index in [1.54, 1.807) is 0 Å². The van der Waals surface area contributed by atoms with Gasteiger partial charge in [-0.1, -0.05) is 44.8 Å². The first kappa shape index (κ1) is 14.8. The van der Waals surface area contributed by atoms with Crippen LogP contribution < -0.4 is 5.73 Å². The van der Waals surface area contributed by atoms with Crippen LogP contribution in [0.25, 0.3) is 0 Å².